The first-order valence-corrected chi connectivity index (χ1v) is 8.00. The van der Waals surface area contributed by atoms with Crippen LogP contribution in [0.15, 0.2) is 30.3 Å². The molecular weight excluding hydrogens is 312 g/mol. The summed E-state index contributed by atoms with van der Waals surface area (Å²) in [4.78, 5) is 19.2. The maximum Gasteiger partial charge on any atom is 0.338 e. The van der Waals surface area contributed by atoms with Crippen molar-refractivity contribution >= 4 is 11.6 Å². The highest BCUT2D eigenvalue weighted by atomic mass is 16.9. The molecule has 24 heavy (non-hydrogen) atoms. The van der Waals surface area contributed by atoms with Gasteiger partial charge >= 0.3 is 11.6 Å². The number of rotatable bonds is 5. The molecule has 7 heteroatoms. The van der Waals surface area contributed by atoms with E-state index in [-0.39, 0.29) is 17.0 Å². The van der Waals surface area contributed by atoms with Crippen LogP contribution >= 0.6 is 0 Å². The molecule has 0 aliphatic carbocycles. The summed E-state index contributed by atoms with van der Waals surface area (Å²) in [5.74, 6) is -0.592. The molecule has 0 fully saturated rings. The first-order chi connectivity index (χ1) is 11.3. The molecule has 0 bridgehead atoms. The summed E-state index contributed by atoms with van der Waals surface area (Å²) >= 11 is 0. The van der Waals surface area contributed by atoms with E-state index >= 15 is 0 Å². The van der Waals surface area contributed by atoms with Gasteiger partial charge in [0.15, 0.2) is 6.10 Å². The number of amides is 1. The SMILES string of the molecule is CC(C)N(C(=O)C1=[N+]([O-])O[C@@H]([C@@H](O)c2ccccc2)C1O)C(C)C. The van der Waals surface area contributed by atoms with Crippen molar-refractivity contribution < 1.29 is 24.7 Å². The van der Waals surface area contributed by atoms with Gasteiger partial charge in [0, 0.05) is 12.1 Å². The average Bonchev–Trinajstić information content (AvgIpc) is 2.81. The van der Waals surface area contributed by atoms with Gasteiger partial charge in [-0.15, -0.1) is 0 Å². The molecule has 0 spiro atoms. The number of aliphatic hydroxyl groups excluding tert-OH is 2. The fourth-order valence-electron chi connectivity index (χ4n) is 2.96. The number of benzene rings is 1. The van der Waals surface area contributed by atoms with Gasteiger partial charge in [-0.2, -0.15) is 0 Å². The minimum absolute atomic E-state index is 0.0294. The quantitative estimate of drug-likeness (QED) is 0.782. The fraction of sp³-hybridized carbons (Fsp3) is 0.529. The lowest BCUT2D eigenvalue weighted by Gasteiger charge is -2.29. The molecule has 2 rings (SSSR count). The highest BCUT2D eigenvalue weighted by Crippen LogP contribution is 2.26. The maximum absolute atomic E-state index is 12.7. The van der Waals surface area contributed by atoms with Crippen molar-refractivity contribution in [2.24, 2.45) is 0 Å². The Hall–Kier alpha value is -2.12. The van der Waals surface area contributed by atoms with Crippen molar-refractivity contribution in [3.05, 3.63) is 41.1 Å². The van der Waals surface area contributed by atoms with Gasteiger partial charge in [-0.25, -0.2) is 0 Å². The van der Waals surface area contributed by atoms with Gasteiger partial charge in [-0.1, -0.05) is 30.3 Å². The van der Waals surface area contributed by atoms with Crippen LogP contribution in [0.5, 0.6) is 0 Å². The summed E-state index contributed by atoms with van der Waals surface area (Å²) in [7, 11) is 0. The van der Waals surface area contributed by atoms with Crippen LogP contribution in [0.2, 0.25) is 0 Å². The van der Waals surface area contributed by atoms with E-state index in [0.717, 1.165) is 0 Å². The van der Waals surface area contributed by atoms with Crippen LogP contribution in [0.4, 0.5) is 0 Å². The van der Waals surface area contributed by atoms with Crippen LogP contribution in [0.1, 0.15) is 39.4 Å². The summed E-state index contributed by atoms with van der Waals surface area (Å²) in [6.07, 6.45) is -3.97. The zero-order valence-corrected chi connectivity index (χ0v) is 14.3. The largest absolute Gasteiger partial charge is 0.393 e. The highest BCUT2D eigenvalue weighted by molar-refractivity contribution is 6.38. The van der Waals surface area contributed by atoms with Gasteiger partial charge in [0.05, 0.1) is 11.0 Å². The maximum atomic E-state index is 12.7. The Balaban J connectivity index is 2.24. The number of carbonyl (C=O) groups is 1. The third kappa shape index (κ3) is 3.37. The molecule has 132 valence electrons. The fourth-order valence-corrected chi connectivity index (χ4v) is 2.96. The van der Waals surface area contributed by atoms with Crippen molar-refractivity contribution in [3.8, 4) is 0 Å². The molecular formula is C17H24N2O5. The lowest BCUT2D eigenvalue weighted by Crippen LogP contribution is -2.50. The number of carbonyl (C=O) groups excluding carboxylic acids is 1. The van der Waals surface area contributed by atoms with E-state index in [1.165, 1.54) is 4.90 Å². The Kier molecular flexibility index (Phi) is 5.46. The number of nitrogens with zero attached hydrogens (tertiary/aromatic N) is 2. The van der Waals surface area contributed by atoms with Crippen molar-refractivity contribution in [2.45, 2.75) is 58.1 Å². The summed E-state index contributed by atoms with van der Waals surface area (Å²) in [6.45, 7) is 7.30. The van der Waals surface area contributed by atoms with Crippen molar-refractivity contribution in [2.75, 3.05) is 0 Å². The number of hydrogen-bond donors (Lipinski definition) is 2. The molecule has 2 N–H and O–H groups in total. The standard InChI is InChI=1S/C17H24N2O5/c1-10(2)18(11(3)4)17(22)13-15(21)16(24-19(13)23)14(20)12-8-6-5-7-9-12/h5-11,14-16,20-21H,1-4H3/t14-,15?,16-/m0/s1. The van der Waals surface area contributed by atoms with E-state index in [4.69, 9.17) is 4.84 Å². The molecule has 1 aromatic rings. The van der Waals surface area contributed by atoms with Gasteiger partial charge in [-0.3, -0.25) is 10.0 Å². The van der Waals surface area contributed by atoms with Gasteiger partial charge in [0.25, 0.3) is 0 Å². The molecule has 1 unspecified atom stereocenters. The van der Waals surface area contributed by atoms with Crippen molar-refractivity contribution in [1.82, 2.24) is 4.90 Å². The molecule has 7 nitrogen and oxygen atoms in total. The molecule has 0 radical (unpaired) electrons. The highest BCUT2D eigenvalue weighted by Gasteiger charge is 2.48. The molecule has 1 amide bonds. The second-order valence-electron chi connectivity index (χ2n) is 6.41. The Morgan fingerprint density at radius 2 is 1.75 bits per heavy atom. The van der Waals surface area contributed by atoms with Gasteiger partial charge in [-0.05, 0) is 33.3 Å². The molecule has 0 saturated carbocycles. The molecule has 1 heterocycles. The second kappa shape index (κ2) is 7.19. The molecule has 1 aromatic carbocycles. The van der Waals surface area contributed by atoms with Gasteiger partial charge < -0.3 is 20.0 Å². The molecule has 0 saturated heterocycles. The van der Waals surface area contributed by atoms with Gasteiger partial charge in [0.1, 0.15) is 6.10 Å². The number of hydrogen-bond acceptors (Lipinski definition) is 5. The van der Waals surface area contributed by atoms with Crippen LogP contribution in [-0.2, 0) is 9.63 Å². The Labute approximate surface area is 141 Å². The Bertz CT molecular complexity index is 607. The van der Waals surface area contributed by atoms with E-state index in [1.54, 1.807) is 30.3 Å². The normalized spacial score (nSPS) is 22.0. The Morgan fingerprint density at radius 1 is 1.21 bits per heavy atom. The second-order valence-corrected chi connectivity index (χ2v) is 6.41. The van der Waals surface area contributed by atoms with E-state index in [1.807, 2.05) is 27.7 Å². The predicted molar refractivity (Wildman–Crippen MR) is 88.0 cm³/mol. The molecule has 3 atom stereocenters. The van der Waals surface area contributed by atoms with Crippen LogP contribution in [0, 0.1) is 5.21 Å². The first kappa shape index (κ1) is 18.2. The smallest absolute Gasteiger partial charge is 0.338 e. The molecule has 1 aliphatic heterocycles. The van der Waals surface area contributed by atoms with E-state index < -0.39 is 29.9 Å². The summed E-state index contributed by atoms with van der Waals surface area (Å²) in [6, 6.07) is 8.25. The Morgan fingerprint density at radius 3 is 2.25 bits per heavy atom. The van der Waals surface area contributed by atoms with E-state index in [9.17, 15) is 20.2 Å². The first-order valence-electron chi connectivity index (χ1n) is 8.00. The van der Waals surface area contributed by atoms with Crippen LogP contribution in [0.25, 0.3) is 0 Å². The van der Waals surface area contributed by atoms with E-state index in [2.05, 4.69) is 0 Å². The zero-order valence-electron chi connectivity index (χ0n) is 14.3. The van der Waals surface area contributed by atoms with Gasteiger partial charge in [0.2, 0.25) is 0 Å². The average molecular weight is 336 g/mol. The van der Waals surface area contributed by atoms with Crippen LogP contribution < -0.4 is 0 Å². The molecule has 0 aromatic heterocycles. The van der Waals surface area contributed by atoms with E-state index in [0.29, 0.717) is 5.56 Å². The van der Waals surface area contributed by atoms with Crippen LogP contribution in [0.3, 0.4) is 0 Å². The minimum Gasteiger partial charge on any atom is -0.393 e. The lowest BCUT2D eigenvalue weighted by molar-refractivity contribution is -0.742. The predicted octanol–water partition coefficient (Wildman–Crippen LogP) is 0.991. The summed E-state index contributed by atoms with van der Waals surface area (Å²) in [5, 5.41) is 32.9. The summed E-state index contributed by atoms with van der Waals surface area (Å²) in [5.41, 5.74) is 0.0885. The monoisotopic (exact) mass is 336 g/mol. The topological polar surface area (TPSA) is 96.1 Å². The molecule has 1 aliphatic rings. The third-order valence-electron chi connectivity index (χ3n) is 4.02. The van der Waals surface area contributed by atoms with Crippen LogP contribution in [-0.4, -0.2) is 55.9 Å². The lowest BCUT2D eigenvalue weighted by atomic mass is 9.97. The number of aliphatic hydroxyl groups is 2. The zero-order chi connectivity index (χ0) is 18.0. The third-order valence-corrected chi connectivity index (χ3v) is 4.02. The minimum atomic E-state index is -1.51. The van der Waals surface area contributed by atoms with Crippen molar-refractivity contribution in [3.63, 3.8) is 0 Å². The van der Waals surface area contributed by atoms with Crippen molar-refractivity contribution in [1.29, 1.82) is 0 Å². The summed E-state index contributed by atoms with van der Waals surface area (Å²) < 4.78 is 0.